The van der Waals surface area contributed by atoms with Crippen molar-refractivity contribution in [3.63, 3.8) is 0 Å². The Balaban J connectivity index is 3.89. The van der Waals surface area contributed by atoms with E-state index in [1.807, 2.05) is 13.8 Å². The first-order valence-corrected chi connectivity index (χ1v) is 4.77. The second-order valence-electron chi connectivity index (χ2n) is 4.03. The SMILES string of the molecule is CCCC(C)(C)OC(=O)OC(C)C. The molecule has 0 bridgehead atoms. The fourth-order valence-corrected chi connectivity index (χ4v) is 1.10. The van der Waals surface area contributed by atoms with Crippen LogP contribution in [0.15, 0.2) is 0 Å². The Bertz CT molecular complexity index is 162. The monoisotopic (exact) mass is 188 g/mol. The maximum atomic E-state index is 11.1. The lowest BCUT2D eigenvalue weighted by Gasteiger charge is -2.24. The van der Waals surface area contributed by atoms with Gasteiger partial charge in [-0.05, 0) is 34.1 Å². The van der Waals surface area contributed by atoms with Gasteiger partial charge >= 0.3 is 6.16 Å². The Morgan fingerprint density at radius 1 is 1.38 bits per heavy atom. The smallest absolute Gasteiger partial charge is 0.432 e. The number of hydrogen-bond acceptors (Lipinski definition) is 3. The van der Waals surface area contributed by atoms with Crippen molar-refractivity contribution in [1.82, 2.24) is 0 Å². The van der Waals surface area contributed by atoms with Crippen molar-refractivity contribution in [2.45, 2.75) is 59.2 Å². The standard InChI is InChI=1S/C10H20O3/c1-6-7-10(4,5)13-9(11)12-8(2)3/h8H,6-7H2,1-5H3. The van der Waals surface area contributed by atoms with E-state index in [0.29, 0.717) is 0 Å². The summed E-state index contributed by atoms with van der Waals surface area (Å²) in [5.41, 5.74) is -0.416. The highest BCUT2D eigenvalue weighted by Gasteiger charge is 2.22. The second-order valence-corrected chi connectivity index (χ2v) is 4.03. The van der Waals surface area contributed by atoms with Crippen LogP contribution in [0.25, 0.3) is 0 Å². The van der Waals surface area contributed by atoms with E-state index < -0.39 is 11.8 Å². The van der Waals surface area contributed by atoms with Crippen LogP contribution in [0.1, 0.15) is 47.5 Å². The molecule has 0 aromatic heterocycles. The fraction of sp³-hybridized carbons (Fsp3) is 0.900. The minimum Gasteiger partial charge on any atom is -0.432 e. The van der Waals surface area contributed by atoms with Crippen LogP contribution < -0.4 is 0 Å². The lowest BCUT2D eigenvalue weighted by atomic mass is 10.0. The molecule has 0 aliphatic carbocycles. The summed E-state index contributed by atoms with van der Waals surface area (Å²) < 4.78 is 10.00. The van der Waals surface area contributed by atoms with Gasteiger partial charge in [-0.25, -0.2) is 4.79 Å². The van der Waals surface area contributed by atoms with Gasteiger partial charge in [0, 0.05) is 0 Å². The van der Waals surface area contributed by atoms with Crippen LogP contribution in [0.4, 0.5) is 4.79 Å². The summed E-state index contributed by atoms with van der Waals surface area (Å²) >= 11 is 0. The second kappa shape index (κ2) is 5.10. The molecule has 0 atom stereocenters. The molecule has 0 aliphatic heterocycles. The first-order valence-electron chi connectivity index (χ1n) is 4.77. The van der Waals surface area contributed by atoms with Gasteiger partial charge < -0.3 is 9.47 Å². The molecule has 0 spiro atoms. The zero-order chi connectivity index (χ0) is 10.5. The number of hydrogen-bond donors (Lipinski definition) is 0. The Morgan fingerprint density at radius 2 is 1.92 bits per heavy atom. The van der Waals surface area contributed by atoms with Gasteiger partial charge in [0.25, 0.3) is 0 Å². The van der Waals surface area contributed by atoms with Gasteiger partial charge in [-0.3, -0.25) is 0 Å². The first kappa shape index (κ1) is 12.3. The van der Waals surface area contributed by atoms with E-state index in [4.69, 9.17) is 9.47 Å². The minimum atomic E-state index is -0.576. The molecule has 13 heavy (non-hydrogen) atoms. The van der Waals surface area contributed by atoms with Crippen LogP contribution in [0, 0.1) is 0 Å². The van der Waals surface area contributed by atoms with Gasteiger partial charge in [-0.15, -0.1) is 0 Å². The average molecular weight is 188 g/mol. The third-order valence-corrected chi connectivity index (χ3v) is 1.54. The summed E-state index contributed by atoms with van der Waals surface area (Å²) in [4.78, 5) is 11.1. The summed E-state index contributed by atoms with van der Waals surface area (Å²) in [6, 6.07) is 0. The molecule has 0 radical (unpaired) electrons. The van der Waals surface area contributed by atoms with E-state index in [1.54, 1.807) is 13.8 Å². The van der Waals surface area contributed by atoms with Gasteiger partial charge in [0.15, 0.2) is 0 Å². The molecule has 0 saturated carbocycles. The minimum absolute atomic E-state index is 0.120. The lowest BCUT2D eigenvalue weighted by Crippen LogP contribution is -2.29. The Morgan fingerprint density at radius 3 is 2.31 bits per heavy atom. The summed E-state index contributed by atoms with van der Waals surface area (Å²) in [5.74, 6) is 0. The third kappa shape index (κ3) is 6.43. The summed E-state index contributed by atoms with van der Waals surface area (Å²) in [6.45, 7) is 9.43. The maximum Gasteiger partial charge on any atom is 0.509 e. The number of carbonyl (C=O) groups is 1. The van der Waals surface area contributed by atoms with Crippen LogP contribution in [0.2, 0.25) is 0 Å². The molecule has 0 aliphatic rings. The van der Waals surface area contributed by atoms with Crippen LogP contribution in [-0.2, 0) is 9.47 Å². The third-order valence-electron chi connectivity index (χ3n) is 1.54. The highest BCUT2D eigenvalue weighted by Crippen LogP contribution is 2.17. The van der Waals surface area contributed by atoms with Crippen molar-refractivity contribution in [2.24, 2.45) is 0 Å². The van der Waals surface area contributed by atoms with E-state index >= 15 is 0 Å². The lowest BCUT2D eigenvalue weighted by molar-refractivity contribution is -0.0317. The zero-order valence-corrected chi connectivity index (χ0v) is 9.22. The number of ether oxygens (including phenoxy) is 2. The van der Waals surface area contributed by atoms with Gasteiger partial charge in [0.1, 0.15) is 5.60 Å². The van der Waals surface area contributed by atoms with Crippen molar-refractivity contribution in [3.05, 3.63) is 0 Å². The highest BCUT2D eigenvalue weighted by atomic mass is 16.7. The largest absolute Gasteiger partial charge is 0.509 e. The van der Waals surface area contributed by atoms with E-state index in [1.165, 1.54) is 0 Å². The van der Waals surface area contributed by atoms with Crippen molar-refractivity contribution in [2.75, 3.05) is 0 Å². The van der Waals surface area contributed by atoms with Crippen molar-refractivity contribution in [1.29, 1.82) is 0 Å². The molecule has 0 rings (SSSR count). The van der Waals surface area contributed by atoms with E-state index in [9.17, 15) is 4.79 Å². The molecule has 78 valence electrons. The quantitative estimate of drug-likeness (QED) is 0.636. The van der Waals surface area contributed by atoms with Crippen molar-refractivity contribution >= 4 is 6.16 Å². The Kier molecular flexibility index (Phi) is 4.81. The fourth-order valence-electron chi connectivity index (χ4n) is 1.10. The molecule has 3 heteroatoms. The first-order chi connectivity index (χ1) is 5.87. The highest BCUT2D eigenvalue weighted by molar-refractivity contribution is 5.60. The molecule has 0 heterocycles. The molecule has 0 unspecified atom stereocenters. The van der Waals surface area contributed by atoms with Crippen LogP contribution in [0.3, 0.4) is 0 Å². The van der Waals surface area contributed by atoms with Crippen LogP contribution >= 0.6 is 0 Å². The van der Waals surface area contributed by atoms with Gasteiger partial charge in [-0.1, -0.05) is 13.3 Å². The molecule has 0 fully saturated rings. The van der Waals surface area contributed by atoms with E-state index in [2.05, 4.69) is 6.92 Å². The molecular formula is C10H20O3. The molecule has 0 amide bonds. The summed E-state index contributed by atoms with van der Waals surface area (Å²) in [6.07, 6.45) is 1.14. The topological polar surface area (TPSA) is 35.5 Å². The predicted octanol–water partition coefficient (Wildman–Crippen LogP) is 3.13. The van der Waals surface area contributed by atoms with Crippen molar-refractivity contribution in [3.8, 4) is 0 Å². The summed E-state index contributed by atoms with van der Waals surface area (Å²) in [5, 5.41) is 0. The molecule has 0 aromatic carbocycles. The van der Waals surface area contributed by atoms with Gasteiger partial charge in [-0.2, -0.15) is 0 Å². The zero-order valence-electron chi connectivity index (χ0n) is 9.22. The summed E-state index contributed by atoms with van der Waals surface area (Å²) in [7, 11) is 0. The number of carbonyl (C=O) groups excluding carboxylic acids is 1. The van der Waals surface area contributed by atoms with Crippen LogP contribution in [0.5, 0.6) is 0 Å². The van der Waals surface area contributed by atoms with Crippen LogP contribution in [-0.4, -0.2) is 17.9 Å². The van der Waals surface area contributed by atoms with Crippen molar-refractivity contribution < 1.29 is 14.3 Å². The molecule has 0 N–H and O–H groups in total. The Hall–Kier alpha value is -0.730. The van der Waals surface area contributed by atoms with Gasteiger partial charge in [0.05, 0.1) is 6.10 Å². The Labute approximate surface area is 80.4 Å². The molecule has 3 nitrogen and oxygen atoms in total. The van der Waals surface area contributed by atoms with E-state index in [0.717, 1.165) is 12.8 Å². The average Bonchev–Trinajstić information content (AvgIpc) is 1.81. The molecular weight excluding hydrogens is 168 g/mol. The normalized spacial score (nSPS) is 11.5. The number of rotatable bonds is 4. The maximum absolute atomic E-state index is 11.1. The molecule has 0 saturated heterocycles. The van der Waals surface area contributed by atoms with E-state index in [-0.39, 0.29) is 6.10 Å². The molecule has 0 aromatic rings. The predicted molar refractivity (Wildman–Crippen MR) is 51.7 cm³/mol. The van der Waals surface area contributed by atoms with Gasteiger partial charge in [0.2, 0.25) is 0 Å².